The number of halogens is 1. The number of ether oxygens (including phenoxy) is 1. The molecule has 0 atom stereocenters. The number of H-pyrrole nitrogens is 1. The predicted molar refractivity (Wildman–Crippen MR) is 60.0 cm³/mol. The summed E-state index contributed by atoms with van der Waals surface area (Å²) < 4.78 is 5.22. The lowest BCUT2D eigenvalue weighted by molar-refractivity contribution is 0.416. The molecule has 15 heavy (non-hydrogen) atoms. The third-order valence-corrected chi connectivity index (χ3v) is 2.38. The van der Waals surface area contributed by atoms with Gasteiger partial charge in [0.2, 0.25) is 0 Å². The van der Waals surface area contributed by atoms with Gasteiger partial charge in [-0.1, -0.05) is 17.7 Å². The summed E-state index contributed by atoms with van der Waals surface area (Å²) in [4.78, 5) is 6.83. The van der Waals surface area contributed by atoms with E-state index in [9.17, 15) is 0 Å². The van der Waals surface area contributed by atoms with Crippen molar-refractivity contribution in [2.75, 3.05) is 12.8 Å². The zero-order valence-electron chi connectivity index (χ0n) is 8.12. The monoisotopic (exact) mass is 223 g/mol. The lowest BCUT2D eigenvalue weighted by Gasteiger charge is -2.07. The van der Waals surface area contributed by atoms with E-state index < -0.39 is 0 Å². The maximum atomic E-state index is 6.08. The van der Waals surface area contributed by atoms with Gasteiger partial charge in [-0.15, -0.1) is 0 Å². The minimum atomic E-state index is 0.354. The molecule has 0 saturated heterocycles. The third kappa shape index (κ3) is 1.76. The van der Waals surface area contributed by atoms with Gasteiger partial charge >= 0.3 is 0 Å². The molecule has 5 heteroatoms. The van der Waals surface area contributed by atoms with E-state index in [0.717, 1.165) is 11.3 Å². The molecule has 1 heterocycles. The SMILES string of the molecule is COc1cccc(Cl)c1-c1cnc(N)[nH]1. The Bertz CT molecular complexity index is 481. The molecule has 2 rings (SSSR count). The average Bonchev–Trinajstić information content (AvgIpc) is 2.64. The molecule has 0 aliphatic heterocycles. The number of nitrogens with one attached hydrogen (secondary N) is 1. The van der Waals surface area contributed by atoms with E-state index in [0.29, 0.717) is 16.7 Å². The van der Waals surface area contributed by atoms with E-state index in [1.165, 1.54) is 0 Å². The maximum absolute atomic E-state index is 6.08. The minimum absolute atomic E-state index is 0.354. The van der Waals surface area contributed by atoms with Crippen LogP contribution in [0, 0.1) is 0 Å². The van der Waals surface area contributed by atoms with E-state index in [4.69, 9.17) is 22.1 Å². The number of benzene rings is 1. The van der Waals surface area contributed by atoms with E-state index in [-0.39, 0.29) is 0 Å². The molecule has 0 aliphatic rings. The number of rotatable bonds is 2. The summed E-state index contributed by atoms with van der Waals surface area (Å²) in [6.45, 7) is 0. The fourth-order valence-electron chi connectivity index (χ4n) is 1.40. The number of hydrogen-bond acceptors (Lipinski definition) is 3. The molecule has 1 aromatic heterocycles. The van der Waals surface area contributed by atoms with E-state index in [2.05, 4.69) is 9.97 Å². The molecule has 0 saturated carbocycles. The van der Waals surface area contributed by atoms with Gasteiger partial charge in [-0.3, -0.25) is 0 Å². The zero-order valence-corrected chi connectivity index (χ0v) is 8.88. The van der Waals surface area contributed by atoms with E-state index in [1.54, 1.807) is 19.4 Å². The standard InChI is InChI=1S/C10H10ClN3O/c1-15-8-4-2-3-6(11)9(8)7-5-13-10(12)14-7/h2-5H,1H3,(H3,12,13,14). The van der Waals surface area contributed by atoms with Crippen LogP contribution in [0.5, 0.6) is 5.75 Å². The summed E-state index contributed by atoms with van der Waals surface area (Å²) in [7, 11) is 1.59. The van der Waals surface area contributed by atoms with Crippen LogP contribution in [0.4, 0.5) is 5.95 Å². The fraction of sp³-hybridized carbons (Fsp3) is 0.100. The summed E-state index contributed by atoms with van der Waals surface area (Å²) in [5.74, 6) is 1.04. The highest BCUT2D eigenvalue weighted by Crippen LogP contribution is 2.35. The van der Waals surface area contributed by atoms with Crippen LogP contribution >= 0.6 is 11.6 Å². The van der Waals surface area contributed by atoms with Crippen LogP contribution in [0.3, 0.4) is 0 Å². The van der Waals surface area contributed by atoms with Crippen molar-refractivity contribution in [3.63, 3.8) is 0 Å². The van der Waals surface area contributed by atoms with Crippen molar-refractivity contribution in [3.8, 4) is 17.0 Å². The number of aromatic nitrogens is 2. The number of aromatic amines is 1. The van der Waals surface area contributed by atoms with Crippen LogP contribution in [0.25, 0.3) is 11.3 Å². The van der Waals surface area contributed by atoms with Crippen LogP contribution in [0.1, 0.15) is 0 Å². The van der Waals surface area contributed by atoms with Crippen LogP contribution < -0.4 is 10.5 Å². The molecule has 3 N–H and O–H groups in total. The Balaban J connectivity index is 2.60. The molecule has 0 radical (unpaired) electrons. The summed E-state index contributed by atoms with van der Waals surface area (Å²) in [5.41, 5.74) is 7.02. The Morgan fingerprint density at radius 3 is 2.87 bits per heavy atom. The Morgan fingerprint density at radius 2 is 2.27 bits per heavy atom. The number of nitrogens with two attached hydrogens (primary N) is 1. The first-order chi connectivity index (χ1) is 7.22. The first kappa shape index (κ1) is 9.86. The van der Waals surface area contributed by atoms with Gasteiger partial charge in [0, 0.05) is 0 Å². The number of anilines is 1. The zero-order chi connectivity index (χ0) is 10.8. The van der Waals surface area contributed by atoms with Crippen molar-refractivity contribution in [2.45, 2.75) is 0 Å². The molecular weight excluding hydrogens is 214 g/mol. The second-order valence-corrected chi connectivity index (χ2v) is 3.41. The van der Waals surface area contributed by atoms with Crippen molar-refractivity contribution >= 4 is 17.5 Å². The van der Waals surface area contributed by atoms with Crippen molar-refractivity contribution in [1.29, 1.82) is 0 Å². The molecule has 0 amide bonds. The Kier molecular flexibility index (Phi) is 2.51. The Labute approximate surface area is 92.0 Å². The molecule has 0 aliphatic carbocycles. The molecule has 0 bridgehead atoms. The van der Waals surface area contributed by atoms with Crippen molar-refractivity contribution in [1.82, 2.24) is 9.97 Å². The average molecular weight is 224 g/mol. The highest BCUT2D eigenvalue weighted by Gasteiger charge is 2.11. The summed E-state index contributed by atoms with van der Waals surface area (Å²) in [6, 6.07) is 5.44. The lowest BCUT2D eigenvalue weighted by atomic mass is 10.1. The molecule has 0 unspecified atom stereocenters. The van der Waals surface area contributed by atoms with Crippen molar-refractivity contribution in [2.24, 2.45) is 0 Å². The maximum Gasteiger partial charge on any atom is 0.197 e. The summed E-state index contributed by atoms with van der Waals surface area (Å²) in [6.07, 6.45) is 1.62. The van der Waals surface area contributed by atoms with E-state index in [1.807, 2.05) is 12.1 Å². The van der Waals surface area contributed by atoms with Crippen LogP contribution in [0.15, 0.2) is 24.4 Å². The van der Waals surface area contributed by atoms with Crippen molar-refractivity contribution in [3.05, 3.63) is 29.4 Å². The molecule has 2 aromatic rings. The minimum Gasteiger partial charge on any atom is -0.496 e. The predicted octanol–water partition coefficient (Wildman–Crippen LogP) is 2.32. The largest absolute Gasteiger partial charge is 0.496 e. The first-order valence-corrected chi connectivity index (χ1v) is 4.73. The summed E-state index contributed by atoms with van der Waals surface area (Å²) in [5, 5.41) is 0.595. The lowest BCUT2D eigenvalue weighted by Crippen LogP contribution is -1.90. The quantitative estimate of drug-likeness (QED) is 0.821. The molecule has 1 aromatic carbocycles. The smallest absolute Gasteiger partial charge is 0.197 e. The van der Waals surface area contributed by atoms with Gasteiger partial charge in [0.15, 0.2) is 5.95 Å². The molecular formula is C10H10ClN3O. The third-order valence-electron chi connectivity index (χ3n) is 2.06. The second kappa shape index (κ2) is 3.82. The molecule has 4 nitrogen and oxygen atoms in total. The topological polar surface area (TPSA) is 63.9 Å². The van der Waals surface area contributed by atoms with Gasteiger partial charge in [-0.05, 0) is 12.1 Å². The van der Waals surface area contributed by atoms with Gasteiger partial charge in [0.1, 0.15) is 5.75 Å². The van der Waals surface area contributed by atoms with Crippen LogP contribution in [-0.4, -0.2) is 17.1 Å². The van der Waals surface area contributed by atoms with Gasteiger partial charge in [0.25, 0.3) is 0 Å². The van der Waals surface area contributed by atoms with Gasteiger partial charge < -0.3 is 15.5 Å². The first-order valence-electron chi connectivity index (χ1n) is 4.35. The van der Waals surface area contributed by atoms with Gasteiger partial charge in [-0.25, -0.2) is 4.98 Å². The Morgan fingerprint density at radius 1 is 1.47 bits per heavy atom. The van der Waals surface area contributed by atoms with Crippen LogP contribution in [-0.2, 0) is 0 Å². The Hall–Kier alpha value is -1.68. The number of nitrogen functional groups attached to an aromatic ring is 1. The van der Waals surface area contributed by atoms with Gasteiger partial charge in [0.05, 0.1) is 29.6 Å². The highest BCUT2D eigenvalue weighted by atomic mass is 35.5. The summed E-state index contributed by atoms with van der Waals surface area (Å²) >= 11 is 6.08. The second-order valence-electron chi connectivity index (χ2n) is 3.00. The van der Waals surface area contributed by atoms with Crippen LogP contribution in [0.2, 0.25) is 5.02 Å². The number of methoxy groups -OCH3 is 1. The van der Waals surface area contributed by atoms with Gasteiger partial charge in [-0.2, -0.15) is 0 Å². The fourth-order valence-corrected chi connectivity index (χ4v) is 1.67. The number of hydrogen-bond donors (Lipinski definition) is 2. The molecule has 0 fully saturated rings. The molecule has 78 valence electrons. The normalized spacial score (nSPS) is 10.3. The van der Waals surface area contributed by atoms with Crippen molar-refractivity contribution < 1.29 is 4.74 Å². The molecule has 0 spiro atoms. The number of imidazole rings is 1. The number of nitrogens with zero attached hydrogens (tertiary/aromatic N) is 1. The van der Waals surface area contributed by atoms with E-state index >= 15 is 0 Å². The highest BCUT2D eigenvalue weighted by molar-refractivity contribution is 6.33.